The molecule has 1 aliphatic heterocycles. The lowest BCUT2D eigenvalue weighted by Gasteiger charge is -2.39. The van der Waals surface area contributed by atoms with E-state index in [0.717, 1.165) is 34.5 Å². The molecule has 1 heterocycles. The molecule has 4 rings (SSSR count). The van der Waals surface area contributed by atoms with Gasteiger partial charge < -0.3 is 14.2 Å². The van der Waals surface area contributed by atoms with Gasteiger partial charge in [0.25, 0.3) is 0 Å². The number of carbonyl (C=O) groups is 2. The third-order valence-electron chi connectivity index (χ3n) is 6.25. The molecule has 0 fully saturated rings. The predicted molar refractivity (Wildman–Crippen MR) is 123 cm³/mol. The number of anilines is 1. The zero-order chi connectivity index (χ0) is 23.0. The molecule has 1 unspecified atom stereocenters. The Morgan fingerprint density at radius 1 is 0.812 bits per heavy atom. The second-order valence-corrected chi connectivity index (χ2v) is 8.42. The molecule has 2 aliphatic rings. The van der Waals surface area contributed by atoms with Crippen LogP contribution in [0.15, 0.2) is 41.6 Å². The Bertz CT molecular complexity index is 1100. The Morgan fingerprint density at radius 3 is 2.06 bits per heavy atom. The molecule has 0 radical (unpaired) electrons. The summed E-state index contributed by atoms with van der Waals surface area (Å²) in [6.07, 6.45) is 2.09. The van der Waals surface area contributed by atoms with Gasteiger partial charge in [-0.2, -0.15) is 0 Å². The summed E-state index contributed by atoms with van der Waals surface area (Å²) in [7, 11) is 4.71. The standard InChI is InChI=1S/C26H29NO5/c1-15-9-16(2)11-17(10-15)27-20-7-6-8-21(28)26(20)19(13-25(27)29)18-12-23(31-4)24(32-5)14-22(18)30-3/h9-12,14,19H,6-8,13H2,1-5H3. The maximum Gasteiger partial charge on any atom is 0.232 e. The molecular formula is C26H29NO5. The Morgan fingerprint density at radius 2 is 1.44 bits per heavy atom. The minimum absolute atomic E-state index is 0.0229. The van der Waals surface area contributed by atoms with Crippen LogP contribution < -0.4 is 19.1 Å². The van der Waals surface area contributed by atoms with Crippen LogP contribution in [-0.4, -0.2) is 33.0 Å². The summed E-state index contributed by atoms with van der Waals surface area (Å²) < 4.78 is 16.5. The molecule has 0 saturated carbocycles. The van der Waals surface area contributed by atoms with E-state index in [2.05, 4.69) is 6.07 Å². The molecule has 6 heteroatoms. The molecule has 168 valence electrons. The number of Topliss-reactive ketones (excluding diaryl/α,β-unsaturated/α-hetero) is 1. The fourth-order valence-electron chi connectivity index (χ4n) is 4.96. The Balaban J connectivity index is 1.91. The van der Waals surface area contributed by atoms with Crippen molar-refractivity contribution in [2.75, 3.05) is 26.2 Å². The van der Waals surface area contributed by atoms with Gasteiger partial charge in [-0.3, -0.25) is 14.5 Å². The van der Waals surface area contributed by atoms with Crippen molar-refractivity contribution in [3.05, 3.63) is 58.3 Å². The van der Waals surface area contributed by atoms with Gasteiger partial charge in [0.2, 0.25) is 5.91 Å². The van der Waals surface area contributed by atoms with E-state index in [-0.39, 0.29) is 24.0 Å². The first-order valence-electron chi connectivity index (χ1n) is 10.8. The summed E-state index contributed by atoms with van der Waals surface area (Å²) in [5, 5.41) is 0. The number of ketones is 1. The van der Waals surface area contributed by atoms with Crippen LogP contribution in [0.25, 0.3) is 0 Å². The molecule has 32 heavy (non-hydrogen) atoms. The third-order valence-corrected chi connectivity index (χ3v) is 6.25. The van der Waals surface area contributed by atoms with Crippen LogP contribution in [0.1, 0.15) is 48.3 Å². The van der Waals surface area contributed by atoms with Crippen LogP contribution in [0, 0.1) is 13.8 Å². The van der Waals surface area contributed by atoms with Crippen molar-refractivity contribution < 1.29 is 23.8 Å². The number of amides is 1. The molecule has 6 nitrogen and oxygen atoms in total. The molecule has 0 saturated heterocycles. The van der Waals surface area contributed by atoms with Crippen molar-refractivity contribution in [2.45, 2.75) is 45.4 Å². The van der Waals surface area contributed by atoms with Gasteiger partial charge >= 0.3 is 0 Å². The van der Waals surface area contributed by atoms with Crippen LogP contribution >= 0.6 is 0 Å². The van der Waals surface area contributed by atoms with E-state index in [1.165, 1.54) is 0 Å². The lowest BCUT2D eigenvalue weighted by atomic mass is 9.76. The van der Waals surface area contributed by atoms with Crippen molar-refractivity contribution in [3.8, 4) is 17.2 Å². The molecule has 0 bridgehead atoms. The number of hydrogen-bond donors (Lipinski definition) is 0. The number of nitrogens with zero attached hydrogens (tertiary/aromatic N) is 1. The molecule has 0 N–H and O–H groups in total. The molecule has 1 amide bonds. The minimum atomic E-state index is -0.387. The molecule has 1 aliphatic carbocycles. The third kappa shape index (κ3) is 3.74. The number of ether oxygens (including phenoxy) is 3. The van der Waals surface area contributed by atoms with Gasteiger partial charge in [-0.1, -0.05) is 6.07 Å². The van der Waals surface area contributed by atoms with E-state index < -0.39 is 0 Å². The van der Waals surface area contributed by atoms with Crippen molar-refractivity contribution >= 4 is 17.4 Å². The quantitative estimate of drug-likeness (QED) is 0.671. The Kier molecular flexibility index (Phi) is 5.96. The summed E-state index contributed by atoms with van der Waals surface area (Å²) in [6, 6.07) is 9.67. The van der Waals surface area contributed by atoms with Crippen molar-refractivity contribution in [1.29, 1.82) is 0 Å². The van der Waals surface area contributed by atoms with Gasteiger partial charge in [-0.15, -0.1) is 0 Å². The molecule has 0 spiro atoms. The minimum Gasteiger partial charge on any atom is -0.496 e. The van der Waals surface area contributed by atoms with Crippen molar-refractivity contribution in [2.24, 2.45) is 0 Å². The van der Waals surface area contributed by atoms with Gasteiger partial charge in [0.15, 0.2) is 17.3 Å². The first-order valence-corrected chi connectivity index (χ1v) is 10.8. The zero-order valence-corrected chi connectivity index (χ0v) is 19.3. The van der Waals surface area contributed by atoms with Crippen LogP contribution in [0.2, 0.25) is 0 Å². The van der Waals surface area contributed by atoms with Crippen molar-refractivity contribution in [3.63, 3.8) is 0 Å². The number of allylic oxidation sites excluding steroid dienone is 2. The highest BCUT2D eigenvalue weighted by atomic mass is 16.5. The summed E-state index contributed by atoms with van der Waals surface area (Å²) in [5.41, 5.74) is 5.28. The predicted octanol–water partition coefficient (Wildman–Crippen LogP) is 4.86. The highest BCUT2D eigenvalue weighted by Gasteiger charge is 2.41. The maximum absolute atomic E-state index is 13.5. The fourth-order valence-corrected chi connectivity index (χ4v) is 4.96. The Hall–Kier alpha value is -3.28. The molecule has 2 aromatic rings. The lowest BCUT2D eigenvalue weighted by Crippen LogP contribution is -2.40. The number of aryl methyl sites for hydroxylation is 2. The van der Waals surface area contributed by atoms with Crippen LogP contribution in [0.4, 0.5) is 5.69 Å². The van der Waals surface area contributed by atoms with E-state index in [0.29, 0.717) is 35.7 Å². The van der Waals surface area contributed by atoms with E-state index in [1.54, 1.807) is 32.3 Å². The van der Waals surface area contributed by atoms with Gasteiger partial charge in [0.05, 0.1) is 21.3 Å². The summed E-state index contributed by atoms with van der Waals surface area (Å²) in [4.78, 5) is 28.5. The molecule has 1 atom stereocenters. The van der Waals surface area contributed by atoms with Gasteiger partial charge in [0, 0.05) is 47.3 Å². The van der Waals surface area contributed by atoms with E-state index in [1.807, 2.05) is 32.0 Å². The molecule has 0 aromatic heterocycles. The lowest BCUT2D eigenvalue weighted by molar-refractivity contribution is -0.119. The number of methoxy groups -OCH3 is 3. The number of hydrogen-bond acceptors (Lipinski definition) is 5. The fraction of sp³-hybridized carbons (Fsp3) is 0.385. The largest absolute Gasteiger partial charge is 0.496 e. The van der Waals surface area contributed by atoms with Crippen LogP contribution in [0.5, 0.6) is 17.2 Å². The zero-order valence-electron chi connectivity index (χ0n) is 19.3. The van der Waals surface area contributed by atoms with E-state index in [4.69, 9.17) is 14.2 Å². The highest BCUT2D eigenvalue weighted by Crippen LogP contribution is 2.48. The second-order valence-electron chi connectivity index (χ2n) is 8.42. The maximum atomic E-state index is 13.5. The first kappa shape index (κ1) is 21.9. The van der Waals surface area contributed by atoms with Gasteiger partial charge in [0.1, 0.15) is 5.75 Å². The number of benzene rings is 2. The molecule has 2 aromatic carbocycles. The van der Waals surface area contributed by atoms with E-state index in [9.17, 15) is 9.59 Å². The molecular weight excluding hydrogens is 406 g/mol. The number of rotatable bonds is 5. The normalized spacial score (nSPS) is 18.5. The Labute approximate surface area is 188 Å². The van der Waals surface area contributed by atoms with Crippen LogP contribution in [-0.2, 0) is 9.59 Å². The second kappa shape index (κ2) is 8.69. The monoisotopic (exact) mass is 435 g/mol. The summed E-state index contributed by atoms with van der Waals surface area (Å²) in [5.74, 6) is 1.34. The summed E-state index contributed by atoms with van der Waals surface area (Å²) in [6.45, 7) is 4.03. The average molecular weight is 436 g/mol. The van der Waals surface area contributed by atoms with Crippen LogP contribution in [0.3, 0.4) is 0 Å². The van der Waals surface area contributed by atoms with Gasteiger partial charge in [-0.05, 0) is 56.0 Å². The summed E-state index contributed by atoms with van der Waals surface area (Å²) >= 11 is 0. The SMILES string of the molecule is COc1cc(OC)c(C2CC(=O)N(c3cc(C)cc(C)c3)C3=C2C(=O)CCC3)cc1OC. The van der Waals surface area contributed by atoms with Crippen molar-refractivity contribution in [1.82, 2.24) is 0 Å². The smallest absolute Gasteiger partial charge is 0.232 e. The number of carbonyl (C=O) groups excluding carboxylic acids is 2. The average Bonchev–Trinajstić information content (AvgIpc) is 2.76. The van der Waals surface area contributed by atoms with Gasteiger partial charge in [-0.25, -0.2) is 0 Å². The highest BCUT2D eigenvalue weighted by molar-refractivity contribution is 6.07. The topological polar surface area (TPSA) is 65.1 Å². The van der Waals surface area contributed by atoms with E-state index >= 15 is 0 Å². The first-order chi connectivity index (χ1) is 15.4.